The molecule has 1 rings (SSSR count). The maximum absolute atomic E-state index is 4.11. The van der Waals surface area contributed by atoms with Gasteiger partial charge in [-0.2, -0.15) is 0 Å². The molecule has 2 nitrogen and oxygen atoms in total. The Bertz CT molecular complexity index is 157. The summed E-state index contributed by atoms with van der Waals surface area (Å²) in [4.78, 5) is 6.29. The summed E-state index contributed by atoms with van der Waals surface area (Å²) in [5, 5.41) is 0. The SMILES string of the molecule is CN(C)CCC1=CCN=C1. The normalized spacial score (nSPS) is 16.5. The monoisotopic (exact) mass is 138 g/mol. The molecule has 2 heteroatoms. The van der Waals surface area contributed by atoms with Crippen LogP contribution < -0.4 is 0 Å². The average Bonchev–Trinajstić information content (AvgIpc) is 2.34. The van der Waals surface area contributed by atoms with E-state index < -0.39 is 0 Å². The molecule has 0 atom stereocenters. The smallest absolute Gasteiger partial charge is 0.0576 e. The van der Waals surface area contributed by atoms with Crippen LogP contribution in [0.1, 0.15) is 6.42 Å². The van der Waals surface area contributed by atoms with Gasteiger partial charge in [0, 0.05) is 12.8 Å². The van der Waals surface area contributed by atoms with Crippen LogP contribution in [-0.2, 0) is 0 Å². The van der Waals surface area contributed by atoms with Gasteiger partial charge in [0.1, 0.15) is 0 Å². The molecule has 1 aliphatic heterocycles. The second-order valence-corrected chi connectivity index (χ2v) is 2.83. The van der Waals surface area contributed by atoms with Crippen molar-refractivity contribution in [3.8, 4) is 0 Å². The van der Waals surface area contributed by atoms with E-state index in [1.807, 2.05) is 6.21 Å². The van der Waals surface area contributed by atoms with Crippen molar-refractivity contribution in [3.05, 3.63) is 11.6 Å². The Hall–Kier alpha value is -0.630. The molecule has 0 aromatic carbocycles. The number of hydrogen-bond donors (Lipinski definition) is 0. The van der Waals surface area contributed by atoms with Gasteiger partial charge in [-0.1, -0.05) is 6.08 Å². The first kappa shape index (κ1) is 7.48. The topological polar surface area (TPSA) is 15.6 Å². The van der Waals surface area contributed by atoms with E-state index in [9.17, 15) is 0 Å². The predicted molar refractivity (Wildman–Crippen MR) is 44.6 cm³/mol. The van der Waals surface area contributed by atoms with E-state index >= 15 is 0 Å². The summed E-state index contributed by atoms with van der Waals surface area (Å²) in [5.41, 5.74) is 1.38. The Morgan fingerprint density at radius 1 is 1.60 bits per heavy atom. The lowest BCUT2D eigenvalue weighted by molar-refractivity contribution is 0.415. The van der Waals surface area contributed by atoms with E-state index in [0.717, 1.165) is 19.5 Å². The minimum atomic E-state index is 0.892. The fourth-order valence-corrected chi connectivity index (χ4v) is 0.912. The summed E-state index contributed by atoms with van der Waals surface area (Å²) in [6.07, 6.45) is 5.30. The second kappa shape index (κ2) is 3.52. The predicted octanol–water partition coefficient (Wildman–Crippen LogP) is 0.949. The highest BCUT2D eigenvalue weighted by molar-refractivity contribution is 5.80. The van der Waals surface area contributed by atoms with Crippen LogP contribution in [0.3, 0.4) is 0 Å². The second-order valence-electron chi connectivity index (χ2n) is 2.83. The van der Waals surface area contributed by atoms with Gasteiger partial charge in [0.25, 0.3) is 0 Å². The molecule has 0 N–H and O–H groups in total. The number of hydrogen-bond acceptors (Lipinski definition) is 2. The van der Waals surface area contributed by atoms with E-state index in [0.29, 0.717) is 0 Å². The summed E-state index contributed by atoms with van der Waals surface area (Å²) in [6.45, 7) is 2.01. The van der Waals surface area contributed by atoms with Crippen molar-refractivity contribution in [2.45, 2.75) is 6.42 Å². The van der Waals surface area contributed by atoms with Gasteiger partial charge >= 0.3 is 0 Å². The molecule has 56 valence electrons. The quantitative estimate of drug-likeness (QED) is 0.567. The molecule has 1 aliphatic rings. The number of aliphatic imine (C=N–C) groups is 1. The van der Waals surface area contributed by atoms with Crippen LogP contribution in [0, 0.1) is 0 Å². The first-order valence-corrected chi connectivity index (χ1v) is 3.62. The fraction of sp³-hybridized carbons (Fsp3) is 0.625. The molecule has 0 aromatic heterocycles. The van der Waals surface area contributed by atoms with E-state index in [1.54, 1.807) is 0 Å². The lowest BCUT2D eigenvalue weighted by atomic mass is 10.2. The molecular formula is C8H14N2. The molecule has 0 saturated heterocycles. The Morgan fingerprint density at radius 3 is 2.90 bits per heavy atom. The molecule has 0 amide bonds. The van der Waals surface area contributed by atoms with Gasteiger partial charge in [-0.15, -0.1) is 0 Å². The summed E-state index contributed by atoms with van der Waals surface area (Å²) in [5.74, 6) is 0. The lowest BCUT2D eigenvalue weighted by Crippen LogP contribution is -2.13. The highest BCUT2D eigenvalue weighted by Gasteiger charge is 1.98. The van der Waals surface area contributed by atoms with Crippen molar-refractivity contribution < 1.29 is 0 Å². The van der Waals surface area contributed by atoms with Crippen LogP contribution >= 0.6 is 0 Å². The van der Waals surface area contributed by atoms with Crippen molar-refractivity contribution >= 4 is 6.21 Å². The molecule has 0 aliphatic carbocycles. The van der Waals surface area contributed by atoms with Crippen molar-refractivity contribution in [3.63, 3.8) is 0 Å². The van der Waals surface area contributed by atoms with Crippen molar-refractivity contribution in [1.29, 1.82) is 0 Å². The highest BCUT2D eigenvalue weighted by atomic mass is 15.0. The van der Waals surface area contributed by atoms with Crippen molar-refractivity contribution in [1.82, 2.24) is 4.90 Å². The van der Waals surface area contributed by atoms with Crippen LogP contribution in [-0.4, -0.2) is 38.3 Å². The molecule has 0 spiro atoms. The van der Waals surface area contributed by atoms with Gasteiger partial charge in [0.2, 0.25) is 0 Å². The summed E-state index contributed by atoms with van der Waals surface area (Å²) >= 11 is 0. The minimum absolute atomic E-state index is 0.892. The molecule has 10 heavy (non-hydrogen) atoms. The summed E-state index contributed by atoms with van der Waals surface area (Å²) in [6, 6.07) is 0. The van der Waals surface area contributed by atoms with Crippen LogP contribution in [0.5, 0.6) is 0 Å². The highest BCUT2D eigenvalue weighted by Crippen LogP contribution is 2.03. The van der Waals surface area contributed by atoms with Gasteiger partial charge in [-0.25, -0.2) is 0 Å². The zero-order valence-corrected chi connectivity index (χ0v) is 6.67. The molecule has 0 unspecified atom stereocenters. The fourth-order valence-electron chi connectivity index (χ4n) is 0.912. The average molecular weight is 138 g/mol. The number of rotatable bonds is 3. The van der Waals surface area contributed by atoms with E-state index in [2.05, 4.69) is 30.1 Å². The zero-order valence-electron chi connectivity index (χ0n) is 6.67. The zero-order chi connectivity index (χ0) is 7.40. The van der Waals surface area contributed by atoms with E-state index in [-0.39, 0.29) is 0 Å². The van der Waals surface area contributed by atoms with Gasteiger partial charge < -0.3 is 4.90 Å². The number of nitrogens with zero attached hydrogens (tertiary/aromatic N) is 2. The maximum Gasteiger partial charge on any atom is 0.0576 e. The molecule has 0 fully saturated rings. The summed E-state index contributed by atoms with van der Waals surface area (Å²) in [7, 11) is 4.18. The van der Waals surface area contributed by atoms with Gasteiger partial charge in [0.15, 0.2) is 0 Å². The Labute approximate surface area is 62.3 Å². The first-order chi connectivity index (χ1) is 4.79. The molecule has 0 bridgehead atoms. The van der Waals surface area contributed by atoms with E-state index in [4.69, 9.17) is 0 Å². The molecule has 0 saturated carbocycles. The van der Waals surface area contributed by atoms with Crippen molar-refractivity contribution in [2.75, 3.05) is 27.2 Å². The Morgan fingerprint density at radius 2 is 2.40 bits per heavy atom. The van der Waals surface area contributed by atoms with Gasteiger partial charge in [0.05, 0.1) is 6.54 Å². The van der Waals surface area contributed by atoms with Gasteiger partial charge in [-0.05, 0) is 26.1 Å². The third kappa shape index (κ3) is 2.31. The first-order valence-electron chi connectivity index (χ1n) is 3.62. The molecule has 0 radical (unpaired) electrons. The van der Waals surface area contributed by atoms with Crippen LogP contribution in [0.2, 0.25) is 0 Å². The molecular weight excluding hydrogens is 124 g/mol. The van der Waals surface area contributed by atoms with Gasteiger partial charge in [-0.3, -0.25) is 4.99 Å². The third-order valence-electron chi connectivity index (χ3n) is 1.56. The van der Waals surface area contributed by atoms with Crippen molar-refractivity contribution in [2.24, 2.45) is 4.99 Å². The minimum Gasteiger partial charge on any atom is -0.309 e. The third-order valence-corrected chi connectivity index (χ3v) is 1.56. The molecule has 0 aromatic rings. The Kier molecular flexibility index (Phi) is 2.63. The maximum atomic E-state index is 4.11. The largest absolute Gasteiger partial charge is 0.309 e. The Balaban J connectivity index is 2.19. The molecule has 1 heterocycles. The summed E-state index contributed by atoms with van der Waals surface area (Å²) < 4.78 is 0. The standard InChI is InChI=1S/C8H14N2/c1-10(2)6-4-8-3-5-9-7-8/h3,7H,4-6H2,1-2H3. The van der Waals surface area contributed by atoms with Crippen LogP contribution in [0.15, 0.2) is 16.6 Å². The van der Waals surface area contributed by atoms with Crippen LogP contribution in [0.4, 0.5) is 0 Å². The lowest BCUT2D eigenvalue weighted by Gasteiger charge is -2.07. The van der Waals surface area contributed by atoms with Crippen LogP contribution in [0.25, 0.3) is 0 Å². The van der Waals surface area contributed by atoms with E-state index in [1.165, 1.54) is 5.57 Å².